The van der Waals surface area contributed by atoms with Crippen molar-refractivity contribution in [2.24, 2.45) is 4.99 Å². The van der Waals surface area contributed by atoms with E-state index >= 15 is 0 Å². The Hall–Kier alpha value is -9.29. The van der Waals surface area contributed by atoms with E-state index < -0.39 is 0 Å². The van der Waals surface area contributed by atoms with Gasteiger partial charge in [-0.2, -0.15) is 0 Å². The van der Waals surface area contributed by atoms with Gasteiger partial charge in [0.2, 0.25) is 0 Å². The highest BCUT2D eigenvalue weighted by Crippen LogP contribution is 2.44. The van der Waals surface area contributed by atoms with Crippen molar-refractivity contribution in [3.05, 3.63) is 259 Å². The first-order chi connectivity index (χ1) is 36.1. The third-order valence-corrected chi connectivity index (χ3v) is 16.4. The molecule has 4 nitrogen and oxygen atoms in total. The number of hydrogen-bond acceptors (Lipinski definition) is 3. The summed E-state index contributed by atoms with van der Waals surface area (Å²) < 4.78 is 14.4. The van der Waals surface area contributed by atoms with Gasteiger partial charge in [0.1, 0.15) is 5.58 Å². The minimum Gasteiger partial charge on any atom is -0.454 e. The standard InChI is InChI=1S/C68H41N3OS/c1-2-18-49(19-3-1)70-60-23-11-8-20-50(60)51-29-26-47(39-61(51)70)59-36-45(27-30-58(69-59)46-28-31-67-56(34-46)53-22-10-13-25-66(53)73-67)48-35-57-52-21-9-12-24-65(52)72-68(57)64(40-48)71-62-37-43-16-6-4-14-41(43)32-54(62)55-33-42-15-5-7-17-44(42)38-63(55)71/h1-40,58H/t58-/m0/s1. The summed E-state index contributed by atoms with van der Waals surface area (Å²) in [4.78, 5) is 5.76. The van der Waals surface area contributed by atoms with Crippen molar-refractivity contribution in [2.75, 3.05) is 0 Å². The second-order valence-electron chi connectivity index (χ2n) is 19.4. The monoisotopic (exact) mass is 947 g/mol. The lowest BCUT2D eigenvalue weighted by Crippen LogP contribution is -2.02. The van der Waals surface area contributed by atoms with Crippen LogP contribution < -0.4 is 0 Å². The van der Waals surface area contributed by atoms with E-state index in [1.807, 2.05) is 11.3 Å². The van der Waals surface area contributed by atoms with Gasteiger partial charge in [0.05, 0.1) is 39.5 Å². The number of furan rings is 1. The molecule has 0 radical (unpaired) electrons. The number of nitrogens with zero attached hydrogens (tertiary/aromatic N) is 3. The lowest BCUT2D eigenvalue weighted by molar-refractivity contribution is 0.666. The number of allylic oxidation sites excluding steroid dienone is 3. The van der Waals surface area contributed by atoms with Crippen LogP contribution in [0.25, 0.3) is 124 Å². The Morgan fingerprint density at radius 2 is 1.04 bits per heavy atom. The number of benzene rings is 11. The van der Waals surface area contributed by atoms with Crippen molar-refractivity contribution in [3.63, 3.8) is 0 Å². The number of aliphatic imine (C=N–C) groups is 1. The molecular weight excluding hydrogens is 907 g/mol. The maximum atomic E-state index is 7.00. The van der Waals surface area contributed by atoms with Gasteiger partial charge >= 0.3 is 0 Å². The van der Waals surface area contributed by atoms with E-state index in [0.29, 0.717) is 0 Å². The molecule has 340 valence electrons. The van der Waals surface area contributed by atoms with Gasteiger partial charge in [-0.3, -0.25) is 4.99 Å². The Labute approximate surface area is 422 Å². The fourth-order valence-electron chi connectivity index (χ4n) is 11.8. The van der Waals surface area contributed by atoms with Crippen molar-refractivity contribution in [2.45, 2.75) is 6.04 Å². The van der Waals surface area contributed by atoms with Crippen molar-refractivity contribution in [3.8, 4) is 11.4 Å². The third kappa shape index (κ3) is 6.22. The highest BCUT2D eigenvalue weighted by molar-refractivity contribution is 7.25. The van der Waals surface area contributed by atoms with Crippen LogP contribution in [0.5, 0.6) is 0 Å². The van der Waals surface area contributed by atoms with E-state index in [0.717, 1.165) is 77.8 Å². The van der Waals surface area contributed by atoms with Gasteiger partial charge in [0, 0.05) is 63.7 Å². The van der Waals surface area contributed by atoms with E-state index in [4.69, 9.17) is 9.41 Å². The minimum absolute atomic E-state index is 0.251. The first kappa shape index (κ1) is 40.4. The van der Waals surface area contributed by atoms with E-state index in [-0.39, 0.29) is 6.04 Å². The minimum atomic E-state index is -0.251. The molecule has 0 N–H and O–H groups in total. The van der Waals surface area contributed by atoms with Crippen LogP contribution in [-0.2, 0) is 0 Å². The molecule has 11 aromatic carbocycles. The summed E-state index contributed by atoms with van der Waals surface area (Å²) in [5.41, 5.74) is 13.7. The summed E-state index contributed by atoms with van der Waals surface area (Å²) in [6, 6.07) is 81.7. The molecule has 0 unspecified atom stereocenters. The van der Waals surface area contributed by atoms with Crippen LogP contribution in [0, 0.1) is 0 Å². The highest BCUT2D eigenvalue weighted by Gasteiger charge is 2.23. The van der Waals surface area contributed by atoms with Gasteiger partial charge in [-0.15, -0.1) is 11.3 Å². The van der Waals surface area contributed by atoms with Crippen molar-refractivity contribution in [1.29, 1.82) is 0 Å². The molecule has 16 rings (SSSR count). The molecule has 0 spiro atoms. The molecule has 1 aliphatic heterocycles. The molecule has 0 aliphatic carbocycles. The Morgan fingerprint density at radius 1 is 0.411 bits per heavy atom. The van der Waals surface area contributed by atoms with Crippen LogP contribution in [-0.4, -0.2) is 14.8 Å². The normalized spacial score (nSPS) is 14.3. The number of para-hydroxylation sites is 3. The lowest BCUT2D eigenvalue weighted by atomic mass is 9.97. The van der Waals surface area contributed by atoms with Crippen LogP contribution in [0.3, 0.4) is 0 Å². The first-order valence-electron chi connectivity index (χ1n) is 24.9. The van der Waals surface area contributed by atoms with E-state index in [9.17, 15) is 0 Å². The second kappa shape index (κ2) is 15.6. The van der Waals surface area contributed by atoms with Crippen molar-refractivity contribution >= 4 is 130 Å². The van der Waals surface area contributed by atoms with Crippen LogP contribution in [0.4, 0.5) is 0 Å². The fourth-order valence-corrected chi connectivity index (χ4v) is 12.9. The number of aromatic nitrogens is 2. The predicted octanol–water partition coefficient (Wildman–Crippen LogP) is 18.6. The number of thiophene rings is 1. The number of hydrogen-bond donors (Lipinski definition) is 0. The molecule has 0 saturated carbocycles. The average molecular weight is 948 g/mol. The molecule has 1 aliphatic rings. The summed E-state index contributed by atoms with van der Waals surface area (Å²) in [6.45, 7) is 0. The molecule has 0 fully saturated rings. The molecule has 0 bridgehead atoms. The Morgan fingerprint density at radius 3 is 1.82 bits per heavy atom. The molecule has 1 atom stereocenters. The zero-order valence-electron chi connectivity index (χ0n) is 39.3. The maximum absolute atomic E-state index is 7.00. The molecule has 73 heavy (non-hydrogen) atoms. The van der Waals surface area contributed by atoms with Crippen molar-refractivity contribution < 1.29 is 4.42 Å². The van der Waals surface area contributed by atoms with Gasteiger partial charge in [-0.1, -0.05) is 152 Å². The number of rotatable bonds is 5. The molecule has 15 aromatic rings. The Kier molecular flexibility index (Phi) is 8.64. The lowest BCUT2D eigenvalue weighted by Gasteiger charge is -2.13. The topological polar surface area (TPSA) is 35.4 Å². The number of fused-ring (bicyclic) bond motifs is 14. The zero-order valence-corrected chi connectivity index (χ0v) is 40.1. The molecule has 0 amide bonds. The summed E-state index contributed by atoms with van der Waals surface area (Å²) in [5.74, 6) is 0. The third-order valence-electron chi connectivity index (χ3n) is 15.3. The van der Waals surface area contributed by atoms with E-state index in [2.05, 4.69) is 252 Å². The smallest absolute Gasteiger partial charge is 0.159 e. The van der Waals surface area contributed by atoms with Crippen LogP contribution in [0.2, 0.25) is 0 Å². The van der Waals surface area contributed by atoms with Gasteiger partial charge < -0.3 is 13.6 Å². The van der Waals surface area contributed by atoms with E-state index in [1.54, 1.807) is 0 Å². The summed E-state index contributed by atoms with van der Waals surface area (Å²) in [7, 11) is 0. The molecule has 0 saturated heterocycles. The fraction of sp³-hybridized carbons (Fsp3) is 0.0147. The largest absolute Gasteiger partial charge is 0.454 e. The summed E-state index contributed by atoms with van der Waals surface area (Å²) >= 11 is 1.85. The molecular formula is C68H41N3OS. The van der Waals surface area contributed by atoms with Crippen molar-refractivity contribution in [1.82, 2.24) is 9.13 Å². The summed E-state index contributed by atoms with van der Waals surface area (Å²) in [5, 5.41) is 14.4. The maximum Gasteiger partial charge on any atom is 0.159 e. The van der Waals surface area contributed by atoms with Crippen LogP contribution in [0.1, 0.15) is 22.7 Å². The SMILES string of the molecule is C1=C[C@@H](c2ccc3sc4ccccc4c3c2)N=C(c2ccc3c4ccccc4n(-c4ccccc4)c3c2)C=C1c1cc(-n2c3cc4ccccc4cc3c3cc4ccccc4cc32)c2oc3ccccc3c2c1. The van der Waals surface area contributed by atoms with Gasteiger partial charge in [-0.25, -0.2) is 0 Å². The van der Waals surface area contributed by atoms with Crippen LogP contribution in [0.15, 0.2) is 252 Å². The van der Waals surface area contributed by atoms with E-state index in [1.165, 1.54) is 68.8 Å². The zero-order chi connectivity index (χ0) is 47.7. The molecule has 5 heteroatoms. The predicted molar refractivity (Wildman–Crippen MR) is 310 cm³/mol. The molecule has 5 heterocycles. The first-order valence-corrected chi connectivity index (χ1v) is 25.8. The Balaban J connectivity index is 0.964. The quantitative estimate of drug-likeness (QED) is 0.169. The van der Waals surface area contributed by atoms with Gasteiger partial charge in [-0.05, 0) is 129 Å². The Bertz CT molecular complexity index is 4830. The van der Waals surface area contributed by atoms with Gasteiger partial charge in [0.25, 0.3) is 0 Å². The summed E-state index contributed by atoms with van der Waals surface area (Å²) in [6.07, 6.45) is 6.91. The highest BCUT2D eigenvalue weighted by atomic mass is 32.1. The van der Waals surface area contributed by atoms with Crippen LogP contribution >= 0.6 is 11.3 Å². The average Bonchev–Trinajstić information content (AvgIpc) is 4.14. The second-order valence-corrected chi connectivity index (χ2v) is 20.5. The van der Waals surface area contributed by atoms with Gasteiger partial charge in [0.15, 0.2) is 5.58 Å². The molecule has 4 aromatic heterocycles.